The summed E-state index contributed by atoms with van der Waals surface area (Å²) in [4.78, 5) is 26.6. The number of rotatable bonds is 7. The number of aromatic nitrogens is 2. The van der Waals surface area contributed by atoms with Crippen molar-refractivity contribution < 1.29 is 14.3 Å². The molecule has 0 saturated heterocycles. The van der Waals surface area contributed by atoms with Crippen molar-refractivity contribution in [1.82, 2.24) is 14.7 Å². The van der Waals surface area contributed by atoms with E-state index in [2.05, 4.69) is 5.10 Å². The van der Waals surface area contributed by atoms with Crippen molar-refractivity contribution in [3.8, 4) is 0 Å². The Morgan fingerprint density at radius 1 is 1.06 bits per heavy atom. The van der Waals surface area contributed by atoms with Crippen molar-refractivity contribution in [3.05, 3.63) is 87.2 Å². The fraction of sp³-hybridized carbons (Fsp3) is 0.292. The van der Waals surface area contributed by atoms with Crippen LogP contribution >= 0.6 is 11.6 Å². The fourth-order valence-corrected chi connectivity index (χ4v) is 3.51. The summed E-state index contributed by atoms with van der Waals surface area (Å²) in [6, 6.07) is 15.8. The number of hydrogen-bond acceptors (Lipinski definition) is 4. The largest absolute Gasteiger partial charge is 0.452 e. The van der Waals surface area contributed by atoms with Crippen molar-refractivity contribution in [1.29, 1.82) is 0 Å². The number of amides is 1. The molecule has 0 fully saturated rings. The second-order valence-electron chi connectivity index (χ2n) is 7.65. The van der Waals surface area contributed by atoms with Crippen LogP contribution < -0.4 is 0 Å². The zero-order chi connectivity index (χ0) is 22.5. The van der Waals surface area contributed by atoms with Crippen LogP contribution in [0.5, 0.6) is 0 Å². The number of esters is 1. The quantitative estimate of drug-likeness (QED) is 0.514. The molecular formula is C24H26ClN3O3. The van der Waals surface area contributed by atoms with Crippen LogP contribution in [-0.4, -0.2) is 40.2 Å². The zero-order valence-electron chi connectivity index (χ0n) is 18.2. The molecular weight excluding hydrogens is 414 g/mol. The van der Waals surface area contributed by atoms with E-state index in [9.17, 15) is 9.59 Å². The first-order chi connectivity index (χ1) is 14.8. The first kappa shape index (κ1) is 22.6. The third-order valence-corrected chi connectivity index (χ3v) is 5.53. The molecule has 0 aliphatic heterocycles. The van der Waals surface area contributed by atoms with Crippen LogP contribution in [0.3, 0.4) is 0 Å². The van der Waals surface area contributed by atoms with Crippen molar-refractivity contribution >= 4 is 23.5 Å². The Hall–Kier alpha value is -3.12. The van der Waals surface area contributed by atoms with Crippen LogP contribution in [0.2, 0.25) is 5.15 Å². The van der Waals surface area contributed by atoms with Gasteiger partial charge in [-0.3, -0.25) is 4.79 Å². The Labute approximate surface area is 187 Å². The van der Waals surface area contributed by atoms with Gasteiger partial charge >= 0.3 is 5.97 Å². The molecule has 0 saturated carbocycles. The highest BCUT2D eigenvalue weighted by Gasteiger charge is 2.23. The highest BCUT2D eigenvalue weighted by atomic mass is 35.5. The van der Waals surface area contributed by atoms with E-state index in [0.29, 0.717) is 18.8 Å². The molecule has 6 nitrogen and oxygen atoms in total. The monoisotopic (exact) mass is 439 g/mol. The minimum Gasteiger partial charge on any atom is -0.452 e. The Morgan fingerprint density at radius 3 is 2.42 bits per heavy atom. The fourth-order valence-electron chi connectivity index (χ4n) is 3.20. The van der Waals surface area contributed by atoms with E-state index >= 15 is 0 Å². The van der Waals surface area contributed by atoms with Gasteiger partial charge < -0.3 is 9.64 Å². The lowest BCUT2D eigenvalue weighted by Gasteiger charge is -2.18. The van der Waals surface area contributed by atoms with E-state index < -0.39 is 5.97 Å². The Morgan fingerprint density at radius 2 is 1.74 bits per heavy atom. The lowest BCUT2D eigenvalue weighted by molar-refractivity contribution is -0.133. The second kappa shape index (κ2) is 9.79. The molecule has 0 aliphatic rings. The van der Waals surface area contributed by atoms with Gasteiger partial charge in [-0.15, -0.1) is 0 Å². The molecule has 1 heterocycles. The average Bonchev–Trinajstić information content (AvgIpc) is 3.02. The number of hydrogen-bond donors (Lipinski definition) is 0. The summed E-state index contributed by atoms with van der Waals surface area (Å²) >= 11 is 6.41. The lowest BCUT2D eigenvalue weighted by Crippen LogP contribution is -2.31. The van der Waals surface area contributed by atoms with E-state index in [4.69, 9.17) is 16.3 Å². The molecule has 3 rings (SSSR count). The van der Waals surface area contributed by atoms with Crippen LogP contribution in [0.25, 0.3) is 0 Å². The minimum absolute atomic E-state index is 0.183. The SMILES string of the molecule is Cc1ccc(Cn2nc(C)c(C(=O)OCC(=O)N(C)Cc3ccccc3C)c2Cl)cc1. The summed E-state index contributed by atoms with van der Waals surface area (Å²) in [6.07, 6.45) is 0. The molecule has 0 radical (unpaired) electrons. The van der Waals surface area contributed by atoms with Gasteiger partial charge in [-0.1, -0.05) is 65.7 Å². The van der Waals surface area contributed by atoms with Gasteiger partial charge in [0.1, 0.15) is 10.7 Å². The maximum atomic E-state index is 12.6. The number of benzene rings is 2. The number of likely N-dealkylation sites (N-methyl/N-ethyl adjacent to an activating group) is 1. The van der Waals surface area contributed by atoms with Crippen molar-refractivity contribution in [2.75, 3.05) is 13.7 Å². The zero-order valence-corrected chi connectivity index (χ0v) is 18.9. The number of carbonyl (C=O) groups excluding carboxylic acids is 2. The first-order valence-electron chi connectivity index (χ1n) is 10.00. The summed E-state index contributed by atoms with van der Waals surface area (Å²) in [5.41, 5.74) is 4.96. The number of carbonyl (C=O) groups is 2. The van der Waals surface area contributed by atoms with Gasteiger partial charge in [0.25, 0.3) is 5.91 Å². The minimum atomic E-state index is -0.657. The van der Waals surface area contributed by atoms with E-state index in [1.807, 2.05) is 62.4 Å². The molecule has 0 N–H and O–H groups in total. The standard InChI is InChI=1S/C24H26ClN3O3/c1-16-9-11-19(12-10-16)13-28-23(25)22(18(3)26-28)24(30)31-15-21(29)27(4)14-20-8-6-5-7-17(20)2/h5-12H,13-15H2,1-4H3. The first-order valence-corrected chi connectivity index (χ1v) is 10.4. The summed E-state index contributed by atoms with van der Waals surface area (Å²) in [6.45, 7) is 6.22. The van der Waals surface area contributed by atoms with Gasteiger partial charge in [0.2, 0.25) is 0 Å². The predicted octanol–water partition coefficient (Wildman–Crippen LogP) is 4.33. The average molecular weight is 440 g/mol. The number of halogens is 1. The molecule has 31 heavy (non-hydrogen) atoms. The summed E-state index contributed by atoms with van der Waals surface area (Å²) in [7, 11) is 1.68. The Balaban J connectivity index is 1.62. The molecule has 1 aromatic heterocycles. The topological polar surface area (TPSA) is 64.4 Å². The smallest absolute Gasteiger partial charge is 0.343 e. The Bertz CT molecular complexity index is 1090. The van der Waals surface area contributed by atoms with Crippen molar-refractivity contribution in [2.24, 2.45) is 0 Å². The molecule has 0 spiro atoms. The third kappa shape index (κ3) is 5.52. The molecule has 162 valence electrons. The van der Waals surface area contributed by atoms with Crippen LogP contribution in [0.4, 0.5) is 0 Å². The molecule has 0 bridgehead atoms. The van der Waals surface area contributed by atoms with Gasteiger partial charge in [0.05, 0.1) is 12.2 Å². The van der Waals surface area contributed by atoms with Crippen molar-refractivity contribution in [2.45, 2.75) is 33.9 Å². The van der Waals surface area contributed by atoms with E-state index in [-0.39, 0.29) is 23.2 Å². The van der Waals surface area contributed by atoms with Crippen LogP contribution in [0.1, 0.15) is 38.3 Å². The second-order valence-corrected chi connectivity index (χ2v) is 8.00. The van der Waals surface area contributed by atoms with Gasteiger partial charge in [0, 0.05) is 13.6 Å². The van der Waals surface area contributed by atoms with Crippen LogP contribution in [0.15, 0.2) is 48.5 Å². The maximum absolute atomic E-state index is 12.6. The number of nitrogens with zero attached hydrogens (tertiary/aromatic N) is 3. The molecule has 3 aromatic rings. The van der Waals surface area contributed by atoms with Gasteiger partial charge in [-0.25, -0.2) is 9.48 Å². The van der Waals surface area contributed by atoms with Gasteiger partial charge in [0.15, 0.2) is 6.61 Å². The lowest BCUT2D eigenvalue weighted by atomic mass is 10.1. The van der Waals surface area contributed by atoms with Gasteiger partial charge in [-0.2, -0.15) is 5.10 Å². The molecule has 2 aromatic carbocycles. The van der Waals surface area contributed by atoms with E-state index in [1.54, 1.807) is 18.7 Å². The predicted molar refractivity (Wildman–Crippen MR) is 120 cm³/mol. The molecule has 0 aliphatic carbocycles. The van der Waals surface area contributed by atoms with Crippen LogP contribution in [0, 0.1) is 20.8 Å². The Kier molecular flexibility index (Phi) is 7.13. The normalized spacial score (nSPS) is 10.7. The maximum Gasteiger partial charge on any atom is 0.343 e. The van der Waals surface area contributed by atoms with E-state index in [1.165, 1.54) is 4.90 Å². The summed E-state index contributed by atoms with van der Waals surface area (Å²) in [5.74, 6) is -0.951. The third-order valence-electron chi connectivity index (χ3n) is 5.14. The number of aryl methyl sites for hydroxylation is 3. The highest BCUT2D eigenvalue weighted by Crippen LogP contribution is 2.22. The molecule has 0 unspecified atom stereocenters. The summed E-state index contributed by atoms with van der Waals surface area (Å²) < 4.78 is 6.81. The van der Waals surface area contributed by atoms with E-state index in [0.717, 1.165) is 22.3 Å². The van der Waals surface area contributed by atoms with Crippen molar-refractivity contribution in [3.63, 3.8) is 0 Å². The molecule has 1 amide bonds. The molecule has 0 atom stereocenters. The van der Waals surface area contributed by atoms with Gasteiger partial charge in [-0.05, 0) is 37.5 Å². The number of ether oxygens (including phenoxy) is 1. The summed E-state index contributed by atoms with van der Waals surface area (Å²) in [5, 5.41) is 4.56. The van der Waals surface area contributed by atoms with Crippen LogP contribution in [-0.2, 0) is 22.6 Å². The molecule has 7 heteroatoms. The highest BCUT2D eigenvalue weighted by molar-refractivity contribution is 6.32.